The fourth-order valence-electron chi connectivity index (χ4n) is 1.06. The fraction of sp³-hybridized carbons (Fsp3) is 1.00. The Morgan fingerprint density at radius 1 is 0.571 bits per heavy atom. The van der Waals surface area contributed by atoms with Gasteiger partial charge in [-0.15, -0.1) is 0 Å². The maximum atomic E-state index is 1.50. The Kier molecular flexibility index (Phi) is 5.88. The second-order valence-electron chi connectivity index (χ2n) is 2.12. The molecule has 1 saturated carbocycles. The summed E-state index contributed by atoms with van der Waals surface area (Å²) in [5, 5.41) is 0. The predicted molar refractivity (Wildman–Crippen MR) is 28.8 cm³/mol. The summed E-state index contributed by atoms with van der Waals surface area (Å²) in [6, 6.07) is 0. The predicted octanol–water partition coefficient (Wildman–Crippen LogP) is -0.543. The number of hydrogen-bond donors (Lipinski definition) is 0. The van der Waals surface area contributed by atoms with E-state index >= 15 is 0 Å². The van der Waals surface area contributed by atoms with Crippen LogP contribution in [0.1, 0.15) is 40.0 Å². The maximum absolute atomic E-state index is 1.50. The molecule has 0 N–H and O–H groups in total. The molecule has 0 heterocycles. The van der Waals surface area contributed by atoms with Crippen LogP contribution in [0.15, 0.2) is 0 Å². The van der Waals surface area contributed by atoms with E-state index in [0.29, 0.717) is 0 Å². The quantitative estimate of drug-likeness (QED) is 0.365. The minimum atomic E-state index is 0. The van der Waals surface area contributed by atoms with Gasteiger partial charge >= 0.3 is 29.6 Å². The molecule has 7 heavy (non-hydrogen) atoms. The van der Waals surface area contributed by atoms with Crippen molar-refractivity contribution in [3.63, 3.8) is 0 Å². The minimum Gasteiger partial charge on any atom is -1.00 e. The molecule has 1 heteroatoms. The maximum Gasteiger partial charge on any atom is 1.00 e. The molecule has 0 radical (unpaired) electrons. The molecule has 0 aromatic heterocycles. The molecule has 0 nitrogen and oxygen atoms in total. The summed E-state index contributed by atoms with van der Waals surface area (Å²) in [5.41, 5.74) is 0. The first-order valence-electron chi connectivity index (χ1n) is 3.00. The summed E-state index contributed by atoms with van der Waals surface area (Å²) in [4.78, 5) is 0. The van der Waals surface area contributed by atoms with Gasteiger partial charge in [0.05, 0.1) is 0 Å². The molecule has 38 valence electrons. The Balaban J connectivity index is 0. The molecule has 0 unspecified atom stereocenters. The van der Waals surface area contributed by atoms with Crippen molar-refractivity contribution in [3.8, 4) is 0 Å². The van der Waals surface area contributed by atoms with Gasteiger partial charge in [0.25, 0.3) is 0 Å². The van der Waals surface area contributed by atoms with Crippen molar-refractivity contribution in [1.29, 1.82) is 0 Å². The molecule has 0 bridgehead atoms. The van der Waals surface area contributed by atoms with Crippen LogP contribution in [0.3, 0.4) is 0 Å². The normalized spacial score (nSPS) is 20.6. The fourth-order valence-corrected chi connectivity index (χ4v) is 1.06. The van der Waals surface area contributed by atoms with Crippen molar-refractivity contribution in [2.45, 2.75) is 38.5 Å². The summed E-state index contributed by atoms with van der Waals surface area (Å²) in [6.07, 6.45) is 9.00. The largest absolute Gasteiger partial charge is 1.00 e. The summed E-state index contributed by atoms with van der Waals surface area (Å²) in [5.74, 6) is 0. The zero-order valence-corrected chi connectivity index (χ0v) is 7.24. The van der Waals surface area contributed by atoms with Crippen LogP contribution in [0.4, 0.5) is 0 Å². The van der Waals surface area contributed by atoms with Crippen LogP contribution in [-0.2, 0) is 0 Å². The molecule has 0 saturated heterocycles. The molecule has 0 aromatic rings. The SMILES string of the molecule is C1CCCCC1.[H-].[Na+]. The third-order valence-corrected chi connectivity index (χ3v) is 1.50. The Labute approximate surface area is 69.5 Å². The average Bonchev–Trinajstić information content (AvgIpc) is 1.72. The number of hydrogen-bond acceptors (Lipinski definition) is 0. The van der Waals surface area contributed by atoms with Crippen molar-refractivity contribution in [1.82, 2.24) is 0 Å². The van der Waals surface area contributed by atoms with Crippen LogP contribution in [0.2, 0.25) is 0 Å². The van der Waals surface area contributed by atoms with Crippen LogP contribution >= 0.6 is 0 Å². The van der Waals surface area contributed by atoms with Gasteiger partial charge in [0, 0.05) is 0 Å². The smallest absolute Gasteiger partial charge is 1.00 e. The topological polar surface area (TPSA) is 0 Å². The van der Waals surface area contributed by atoms with Crippen molar-refractivity contribution < 1.29 is 31.0 Å². The molecule has 1 fully saturated rings. The van der Waals surface area contributed by atoms with Crippen LogP contribution in [-0.4, -0.2) is 0 Å². The van der Waals surface area contributed by atoms with Gasteiger partial charge in [-0.2, -0.15) is 0 Å². The number of rotatable bonds is 0. The minimum absolute atomic E-state index is 0. The van der Waals surface area contributed by atoms with Gasteiger partial charge in [0.2, 0.25) is 0 Å². The van der Waals surface area contributed by atoms with Gasteiger partial charge in [-0.3, -0.25) is 0 Å². The van der Waals surface area contributed by atoms with Gasteiger partial charge in [0.15, 0.2) is 0 Å². The van der Waals surface area contributed by atoms with Crippen LogP contribution in [0.5, 0.6) is 0 Å². The first-order chi connectivity index (χ1) is 3.00. The summed E-state index contributed by atoms with van der Waals surface area (Å²) in [6.45, 7) is 0. The van der Waals surface area contributed by atoms with Gasteiger partial charge in [-0.1, -0.05) is 38.5 Å². The first-order valence-corrected chi connectivity index (χ1v) is 3.00. The zero-order chi connectivity index (χ0) is 4.24. The molecule has 0 aromatic carbocycles. The van der Waals surface area contributed by atoms with Crippen LogP contribution in [0, 0.1) is 0 Å². The monoisotopic (exact) mass is 108 g/mol. The van der Waals surface area contributed by atoms with Crippen molar-refractivity contribution in [2.75, 3.05) is 0 Å². The van der Waals surface area contributed by atoms with E-state index in [1.165, 1.54) is 38.5 Å². The zero-order valence-electron chi connectivity index (χ0n) is 6.24. The van der Waals surface area contributed by atoms with E-state index in [1.807, 2.05) is 0 Å². The molecule has 0 aliphatic heterocycles. The van der Waals surface area contributed by atoms with E-state index in [0.717, 1.165) is 0 Å². The molecule has 1 rings (SSSR count). The molecule has 0 atom stereocenters. The van der Waals surface area contributed by atoms with E-state index in [-0.39, 0.29) is 31.0 Å². The second-order valence-corrected chi connectivity index (χ2v) is 2.12. The summed E-state index contributed by atoms with van der Waals surface area (Å²) in [7, 11) is 0. The first kappa shape index (κ1) is 8.00. The standard InChI is InChI=1S/C6H12.Na.H/c1-2-4-6-5-3-1;;/h1-6H2;;/q;+1;-1. The van der Waals surface area contributed by atoms with Gasteiger partial charge in [-0.25, -0.2) is 0 Å². The van der Waals surface area contributed by atoms with Crippen molar-refractivity contribution >= 4 is 0 Å². The third kappa shape index (κ3) is 3.57. The molecule has 1 aliphatic carbocycles. The van der Waals surface area contributed by atoms with E-state index in [1.54, 1.807) is 0 Å². The Hall–Kier alpha value is 1.00. The van der Waals surface area contributed by atoms with Crippen LogP contribution < -0.4 is 29.6 Å². The average molecular weight is 108 g/mol. The van der Waals surface area contributed by atoms with Crippen molar-refractivity contribution in [2.24, 2.45) is 0 Å². The van der Waals surface area contributed by atoms with Crippen molar-refractivity contribution in [3.05, 3.63) is 0 Å². The second kappa shape index (κ2) is 5.14. The Bertz CT molecular complexity index is 24.0. The third-order valence-electron chi connectivity index (χ3n) is 1.50. The summed E-state index contributed by atoms with van der Waals surface area (Å²) < 4.78 is 0. The van der Waals surface area contributed by atoms with Crippen LogP contribution in [0.25, 0.3) is 0 Å². The Morgan fingerprint density at radius 2 is 0.714 bits per heavy atom. The van der Waals surface area contributed by atoms with E-state index in [9.17, 15) is 0 Å². The van der Waals surface area contributed by atoms with E-state index in [2.05, 4.69) is 0 Å². The summed E-state index contributed by atoms with van der Waals surface area (Å²) >= 11 is 0. The molecular weight excluding hydrogens is 95.1 g/mol. The van der Waals surface area contributed by atoms with E-state index < -0.39 is 0 Å². The van der Waals surface area contributed by atoms with E-state index in [4.69, 9.17) is 0 Å². The molecule has 1 aliphatic rings. The van der Waals surface area contributed by atoms with Gasteiger partial charge in [-0.05, 0) is 0 Å². The Morgan fingerprint density at radius 3 is 0.857 bits per heavy atom. The molecule has 0 spiro atoms. The molecular formula is C6H13Na. The molecule has 0 amide bonds. The van der Waals surface area contributed by atoms with Gasteiger partial charge in [0.1, 0.15) is 0 Å². The van der Waals surface area contributed by atoms with Gasteiger partial charge < -0.3 is 1.43 Å².